The van der Waals surface area contributed by atoms with Crippen molar-refractivity contribution in [3.05, 3.63) is 0 Å². The van der Waals surface area contributed by atoms with Gasteiger partial charge in [0.1, 0.15) is 0 Å². The highest BCUT2D eigenvalue weighted by molar-refractivity contribution is 5.76. The number of nitrogens with two attached hydrogens (primary N) is 1. The topological polar surface area (TPSA) is 83.6 Å². The number of aliphatic carboxylic acids is 1. The summed E-state index contributed by atoms with van der Waals surface area (Å²) in [5.74, 6) is -0.559. The van der Waals surface area contributed by atoms with E-state index in [4.69, 9.17) is 10.8 Å². The fraction of sp³-hybridized carbons (Fsp3) is 0.818. The van der Waals surface area contributed by atoms with E-state index in [9.17, 15) is 9.59 Å². The van der Waals surface area contributed by atoms with E-state index in [1.165, 1.54) is 0 Å². The molecule has 0 aromatic rings. The average molecular weight is 228 g/mol. The fourth-order valence-electron chi connectivity index (χ4n) is 1.98. The SMILES string of the molecule is CC(N)CCC(=O)N1CCC(CC(=O)O)C1. The molecular weight excluding hydrogens is 208 g/mol. The highest BCUT2D eigenvalue weighted by atomic mass is 16.4. The summed E-state index contributed by atoms with van der Waals surface area (Å²) in [4.78, 5) is 24.0. The molecule has 92 valence electrons. The molecule has 0 aromatic heterocycles. The second kappa shape index (κ2) is 5.84. The van der Waals surface area contributed by atoms with Crippen LogP contribution in [0, 0.1) is 5.92 Å². The number of hydrogen-bond acceptors (Lipinski definition) is 3. The number of nitrogens with zero attached hydrogens (tertiary/aromatic N) is 1. The number of rotatable bonds is 5. The van der Waals surface area contributed by atoms with Crippen LogP contribution in [-0.2, 0) is 9.59 Å². The van der Waals surface area contributed by atoms with Crippen molar-refractivity contribution in [2.75, 3.05) is 13.1 Å². The molecule has 0 bridgehead atoms. The minimum Gasteiger partial charge on any atom is -0.481 e. The molecule has 5 heteroatoms. The summed E-state index contributed by atoms with van der Waals surface area (Å²) in [6, 6.07) is 0.0429. The Morgan fingerprint density at radius 1 is 1.56 bits per heavy atom. The van der Waals surface area contributed by atoms with Crippen molar-refractivity contribution in [2.24, 2.45) is 11.7 Å². The molecule has 1 saturated heterocycles. The van der Waals surface area contributed by atoms with Gasteiger partial charge in [-0.25, -0.2) is 0 Å². The number of carboxylic acids is 1. The lowest BCUT2D eigenvalue weighted by atomic mass is 10.1. The number of likely N-dealkylation sites (tertiary alicyclic amines) is 1. The molecule has 1 heterocycles. The molecule has 1 rings (SSSR count). The summed E-state index contributed by atoms with van der Waals surface area (Å²) in [5.41, 5.74) is 5.58. The van der Waals surface area contributed by atoms with E-state index >= 15 is 0 Å². The van der Waals surface area contributed by atoms with E-state index in [1.54, 1.807) is 4.90 Å². The van der Waals surface area contributed by atoms with Crippen LogP contribution in [0.1, 0.15) is 32.6 Å². The van der Waals surface area contributed by atoms with Crippen molar-refractivity contribution < 1.29 is 14.7 Å². The number of carboxylic acid groups (broad SMARTS) is 1. The average Bonchev–Trinajstić information content (AvgIpc) is 2.61. The first-order valence-electron chi connectivity index (χ1n) is 5.74. The van der Waals surface area contributed by atoms with E-state index in [1.807, 2.05) is 6.92 Å². The molecule has 1 aliphatic heterocycles. The van der Waals surface area contributed by atoms with Crippen LogP contribution in [0.5, 0.6) is 0 Å². The molecule has 0 spiro atoms. The van der Waals surface area contributed by atoms with Crippen molar-refractivity contribution in [3.8, 4) is 0 Å². The molecule has 0 radical (unpaired) electrons. The van der Waals surface area contributed by atoms with Gasteiger partial charge in [0.05, 0.1) is 0 Å². The van der Waals surface area contributed by atoms with Gasteiger partial charge in [-0.2, -0.15) is 0 Å². The van der Waals surface area contributed by atoms with Gasteiger partial charge in [0.25, 0.3) is 0 Å². The molecule has 0 aliphatic carbocycles. The maximum absolute atomic E-state index is 11.7. The van der Waals surface area contributed by atoms with Crippen LogP contribution in [0.25, 0.3) is 0 Å². The van der Waals surface area contributed by atoms with Crippen LogP contribution in [0.4, 0.5) is 0 Å². The Hall–Kier alpha value is -1.10. The highest BCUT2D eigenvalue weighted by Crippen LogP contribution is 2.20. The quantitative estimate of drug-likeness (QED) is 0.715. The summed E-state index contributed by atoms with van der Waals surface area (Å²) in [6.45, 7) is 3.16. The second-order valence-corrected chi connectivity index (χ2v) is 4.61. The third kappa shape index (κ3) is 4.18. The normalized spacial score (nSPS) is 22.1. The lowest BCUT2D eigenvalue weighted by molar-refractivity contribution is -0.138. The predicted molar refractivity (Wildman–Crippen MR) is 59.8 cm³/mol. The Morgan fingerprint density at radius 3 is 2.81 bits per heavy atom. The minimum absolute atomic E-state index is 0.0429. The van der Waals surface area contributed by atoms with Gasteiger partial charge in [-0.05, 0) is 25.7 Å². The van der Waals surface area contributed by atoms with E-state index in [2.05, 4.69) is 0 Å². The van der Waals surface area contributed by atoms with Crippen LogP contribution in [-0.4, -0.2) is 41.0 Å². The summed E-state index contributed by atoms with van der Waals surface area (Å²) in [6.07, 6.45) is 2.13. The largest absolute Gasteiger partial charge is 0.481 e. The zero-order chi connectivity index (χ0) is 12.1. The Bertz CT molecular complexity index is 266. The molecule has 0 aromatic carbocycles. The number of hydrogen-bond donors (Lipinski definition) is 2. The monoisotopic (exact) mass is 228 g/mol. The molecule has 1 amide bonds. The van der Waals surface area contributed by atoms with Gasteiger partial charge >= 0.3 is 5.97 Å². The lowest BCUT2D eigenvalue weighted by Crippen LogP contribution is -2.30. The van der Waals surface area contributed by atoms with Crippen LogP contribution in [0.15, 0.2) is 0 Å². The van der Waals surface area contributed by atoms with Crippen LogP contribution < -0.4 is 5.73 Å². The summed E-state index contributed by atoms with van der Waals surface area (Å²) >= 11 is 0. The Morgan fingerprint density at radius 2 is 2.25 bits per heavy atom. The Kier molecular flexibility index (Phi) is 4.73. The summed E-state index contributed by atoms with van der Waals surface area (Å²) in [7, 11) is 0. The van der Waals surface area contributed by atoms with Crippen molar-refractivity contribution in [1.82, 2.24) is 4.90 Å². The number of amides is 1. The molecule has 5 nitrogen and oxygen atoms in total. The van der Waals surface area contributed by atoms with E-state index < -0.39 is 5.97 Å². The van der Waals surface area contributed by atoms with Crippen molar-refractivity contribution in [1.29, 1.82) is 0 Å². The fourth-order valence-corrected chi connectivity index (χ4v) is 1.98. The van der Waals surface area contributed by atoms with Crippen LogP contribution >= 0.6 is 0 Å². The van der Waals surface area contributed by atoms with Gasteiger partial charge in [0.2, 0.25) is 5.91 Å². The first-order chi connectivity index (χ1) is 7.49. The number of carbonyl (C=O) groups is 2. The van der Waals surface area contributed by atoms with E-state index in [0.717, 1.165) is 6.42 Å². The second-order valence-electron chi connectivity index (χ2n) is 4.61. The zero-order valence-corrected chi connectivity index (χ0v) is 9.69. The number of carbonyl (C=O) groups excluding carboxylic acids is 1. The van der Waals surface area contributed by atoms with Gasteiger partial charge in [-0.1, -0.05) is 0 Å². The van der Waals surface area contributed by atoms with E-state index in [0.29, 0.717) is 25.9 Å². The van der Waals surface area contributed by atoms with Crippen molar-refractivity contribution >= 4 is 11.9 Å². The smallest absolute Gasteiger partial charge is 0.303 e. The molecule has 16 heavy (non-hydrogen) atoms. The molecule has 1 aliphatic rings. The van der Waals surface area contributed by atoms with Gasteiger partial charge in [0.15, 0.2) is 0 Å². The molecule has 0 saturated carbocycles. The first-order valence-corrected chi connectivity index (χ1v) is 5.74. The Labute approximate surface area is 95.6 Å². The van der Waals surface area contributed by atoms with Crippen LogP contribution in [0.2, 0.25) is 0 Å². The third-order valence-corrected chi connectivity index (χ3v) is 2.92. The standard InChI is InChI=1S/C11H20N2O3/c1-8(12)2-3-10(14)13-5-4-9(7-13)6-11(15)16/h8-9H,2-7,12H2,1H3,(H,15,16). The molecule has 1 fully saturated rings. The van der Waals surface area contributed by atoms with Crippen molar-refractivity contribution in [2.45, 2.75) is 38.6 Å². The first kappa shape index (κ1) is 13.0. The summed E-state index contributed by atoms with van der Waals surface area (Å²) < 4.78 is 0. The molecule has 2 atom stereocenters. The van der Waals surface area contributed by atoms with E-state index in [-0.39, 0.29) is 24.3 Å². The van der Waals surface area contributed by atoms with Crippen molar-refractivity contribution in [3.63, 3.8) is 0 Å². The molecular formula is C11H20N2O3. The van der Waals surface area contributed by atoms with Gasteiger partial charge in [-0.3, -0.25) is 9.59 Å². The molecule has 3 N–H and O–H groups in total. The zero-order valence-electron chi connectivity index (χ0n) is 9.69. The van der Waals surface area contributed by atoms with Gasteiger partial charge in [0, 0.05) is 32.0 Å². The summed E-state index contributed by atoms with van der Waals surface area (Å²) in [5, 5.41) is 8.65. The van der Waals surface area contributed by atoms with Crippen LogP contribution in [0.3, 0.4) is 0 Å². The maximum Gasteiger partial charge on any atom is 0.303 e. The Balaban J connectivity index is 2.29. The lowest BCUT2D eigenvalue weighted by Gasteiger charge is -2.16. The third-order valence-electron chi connectivity index (χ3n) is 2.92. The maximum atomic E-state index is 11.7. The molecule has 2 unspecified atom stereocenters. The van der Waals surface area contributed by atoms with Gasteiger partial charge < -0.3 is 15.7 Å². The predicted octanol–water partition coefficient (Wildman–Crippen LogP) is 0.437. The minimum atomic E-state index is -0.783. The van der Waals surface area contributed by atoms with Gasteiger partial charge in [-0.15, -0.1) is 0 Å². The highest BCUT2D eigenvalue weighted by Gasteiger charge is 2.27.